The molecule has 3 aromatic carbocycles. The smallest absolute Gasteiger partial charge is 0.282 e. The first-order chi connectivity index (χ1) is 16.9. The molecule has 1 aliphatic heterocycles. The van der Waals surface area contributed by atoms with Crippen LogP contribution in [0.1, 0.15) is 5.56 Å². The van der Waals surface area contributed by atoms with E-state index in [1.807, 2.05) is 0 Å². The van der Waals surface area contributed by atoms with Crippen LogP contribution < -0.4 is 25.2 Å². The molecular weight excluding hydrogens is 521 g/mol. The van der Waals surface area contributed by atoms with Crippen LogP contribution >= 0.6 is 15.9 Å². The lowest BCUT2D eigenvalue weighted by molar-refractivity contribution is -0.118. The molecule has 0 spiro atoms. The minimum atomic E-state index is -0.608. The third-order valence-electron chi connectivity index (χ3n) is 4.97. The van der Waals surface area contributed by atoms with Gasteiger partial charge in [-0.15, -0.1) is 0 Å². The molecule has 1 heterocycles. The number of carbonyl (C=O) groups is 3. The Morgan fingerprint density at radius 3 is 2.54 bits per heavy atom. The molecule has 4 rings (SSSR count). The second kappa shape index (κ2) is 10.4. The fourth-order valence-corrected chi connectivity index (χ4v) is 3.82. The number of ether oxygens (including phenoxy) is 2. The zero-order chi connectivity index (χ0) is 24.9. The topological polar surface area (TPSA) is 97.0 Å². The van der Waals surface area contributed by atoms with Crippen LogP contribution in [0.2, 0.25) is 0 Å². The average Bonchev–Trinajstić information content (AvgIpc) is 3.13. The number of para-hydroxylation sites is 2. The van der Waals surface area contributed by atoms with Gasteiger partial charge in [-0.25, -0.2) is 9.40 Å². The van der Waals surface area contributed by atoms with E-state index >= 15 is 0 Å². The number of benzene rings is 3. The second-order valence-electron chi connectivity index (χ2n) is 7.32. The van der Waals surface area contributed by atoms with Crippen molar-refractivity contribution in [2.45, 2.75) is 0 Å². The molecule has 0 saturated carbocycles. The third kappa shape index (κ3) is 5.33. The molecule has 35 heavy (non-hydrogen) atoms. The summed E-state index contributed by atoms with van der Waals surface area (Å²) >= 11 is 3.37. The predicted molar refractivity (Wildman–Crippen MR) is 131 cm³/mol. The Balaban J connectivity index is 1.61. The van der Waals surface area contributed by atoms with Crippen LogP contribution in [0.4, 0.5) is 15.8 Å². The highest BCUT2D eigenvalue weighted by atomic mass is 79.9. The summed E-state index contributed by atoms with van der Waals surface area (Å²) in [4.78, 5) is 37.9. The fraction of sp³-hybridized carbons (Fsp3) is 0.0800. The molecule has 1 saturated heterocycles. The van der Waals surface area contributed by atoms with Crippen LogP contribution in [0, 0.1) is 5.82 Å². The minimum Gasteiger partial charge on any atom is -0.493 e. The standard InChI is InChI=1S/C25H19BrFN3O5/c1-34-21-13-16(26)11-15(23(21)35-14-22(31)28-20-10-6-5-9-19(20)27)12-18-24(32)29-30(25(18)33)17-7-3-2-4-8-17/h2-13H,14H2,1H3,(H,28,31)(H,29,32)/b18-12-. The number of anilines is 2. The highest BCUT2D eigenvalue weighted by Crippen LogP contribution is 2.37. The van der Waals surface area contributed by atoms with Gasteiger partial charge in [-0.3, -0.25) is 19.8 Å². The molecule has 0 unspecified atom stereocenters. The largest absolute Gasteiger partial charge is 0.493 e. The van der Waals surface area contributed by atoms with Gasteiger partial charge in [0.2, 0.25) is 0 Å². The van der Waals surface area contributed by atoms with Crippen molar-refractivity contribution in [3.05, 3.63) is 88.2 Å². The Morgan fingerprint density at radius 1 is 1.11 bits per heavy atom. The molecule has 2 N–H and O–H groups in total. The number of hydrazine groups is 1. The molecule has 0 bridgehead atoms. The van der Waals surface area contributed by atoms with Gasteiger partial charge in [-0.1, -0.05) is 46.3 Å². The number of hydrogen-bond acceptors (Lipinski definition) is 5. The molecule has 10 heteroatoms. The van der Waals surface area contributed by atoms with Crippen LogP contribution in [0.25, 0.3) is 6.08 Å². The maximum absolute atomic E-state index is 13.8. The first-order valence-electron chi connectivity index (χ1n) is 10.3. The van der Waals surface area contributed by atoms with E-state index in [4.69, 9.17) is 9.47 Å². The van der Waals surface area contributed by atoms with E-state index in [9.17, 15) is 18.8 Å². The summed E-state index contributed by atoms with van der Waals surface area (Å²) < 4.78 is 25.5. The van der Waals surface area contributed by atoms with Crippen LogP contribution in [-0.4, -0.2) is 31.4 Å². The van der Waals surface area contributed by atoms with E-state index in [1.165, 1.54) is 31.4 Å². The summed E-state index contributed by atoms with van der Waals surface area (Å²) in [6, 6.07) is 17.6. The second-order valence-corrected chi connectivity index (χ2v) is 8.23. The van der Waals surface area contributed by atoms with Gasteiger partial charge >= 0.3 is 0 Å². The maximum Gasteiger partial charge on any atom is 0.282 e. The monoisotopic (exact) mass is 539 g/mol. The number of nitrogens with one attached hydrogen (secondary N) is 2. The summed E-state index contributed by atoms with van der Waals surface area (Å²) in [6.07, 6.45) is 1.36. The van der Waals surface area contributed by atoms with E-state index < -0.39 is 30.1 Å². The molecule has 0 radical (unpaired) electrons. The van der Waals surface area contributed by atoms with Crippen molar-refractivity contribution in [3.8, 4) is 11.5 Å². The number of nitrogens with zero attached hydrogens (tertiary/aromatic N) is 1. The summed E-state index contributed by atoms with van der Waals surface area (Å²) in [7, 11) is 1.41. The van der Waals surface area contributed by atoms with Crippen LogP contribution in [0.3, 0.4) is 0 Å². The lowest BCUT2D eigenvalue weighted by Gasteiger charge is -2.15. The lowest BCUT2D eigenvalue weighted by atomic mass is 10.1. The third-order valence-corrected chi connectivity index (χ3v) is 5.43. The van der Waals surface area contributed by atoms with Gasteiger partial charge in [0.15, 0.2) is 18.1 Å². The summed E-state index contributed by atoms with van der Waals surface area (Å²) in [6.45, 7) is -0.473. The van der Waals surface area contributed by atoms with Crippen molar-refractivity contribution in [1.82, 2.24) is 5.43 Å². The molecule has 3 aromatic rings. The maximum atomic E-state index is 13.8. The van der Waals surface area contributed by atoms with Crippen LogP contribution in [-0.2, 0) is 14.4 Å². The number of rotatable bonds is 7. The molecule has 0 aliphatic carbocycles. The van der Waals surface area contributed by atoms with Crippen molar-refractivity contribution in [1.29, 1.82) is 0 Å². The minimum absolute atomic E-state index is 0.0143. The Hall–Kier alpha value is -4.18. The molecule has 178 valence electrons. The molecule has 8 nitrogen and oxygen atoms in total. The Bertz CT molecular complexity index is 1330. The quantitative estimate of drug-likeness (QED) is 0.348. The van der Waals surface area contributed by atoms with Gasteiger partial charge in [-0.2, -0.15) is 0 Å². The Labute approximate surface area is 208 Å². The van der Waals surface area contributed by atoms with E-state index in [0.29, 0.717) is 15.7 Å². The van der Waals surface area contributed by atoms with Crippen molar-refractivity contribution in [2.75, 3.05) is 24.0 Å². The SMILES string of the molecule is COc1cc(Br)cc(/C=C2/C(=O)NN(c3ccccc3)C2=O)c1OCC(=O)Nc1ccccc1F. The van der Waals surface area contributed by atoms with Crippen LogP contribution in [0.15, 0.2) is 76.8 Å². The van der Waals surface area contributed by atoms with Crippen LogP contribution in [0.5, 0.6) is 11.5 Å². The molecular formula is C25H19BrFN3O5. The molecule has 1 aliphatic rings. The predicted octanol–water partition coefficient (Wildman–Crippen LogP) is 4.08. The normalized spacial score (nSPS) is 14.1. The van der Waals surface area contributed by atoms with Gasteiger partial charge in [0.25, 0.3) is 17.7 Å². The fourth-order valence-electron chi connectivity index (χ4n) is 3.36. The first-order valence-corrected chi connectivity index (χ1v) is 11.1. The van der Waals surface area contributed by atoms with E-state index in [2.05, 4.69) is 26.7 Å². The highest BCUT2D eigenvalue weighted by molar-refractivity contribution is 9.10. The Kier molecular flexibility index (Phi) is 7.11. The summed E-state index contributed by atoms with van der Waals surface area (Å²) in [5, 5.41) is 3.58. The van der Waals surface area contributed by atoms with Gasteiger partial charge in [0, 0.05) is 10.0 Å². The first kappa shape index (κ1) is 24.0. The van der Waals surface area contributed by atoms with Crippen molar-refractivity contribution in [2.24, 2.45) is 0 Å². The number of amides is 3. The van der Waals surface area contributed by atoms with E-state index in [1.54, 1.807) is 48.5 Å². The molecule has 0 aromatic heterocycles. The van der Waals surface area contributed by atoms with Crippen molar-refractivity contribution in [3.63, 3.8) is 0 Å². The van der Waals surface area contributed by atoms with Gasteiger partial charge in [-0.05, 0) is 42.5 Å². The van der Waals surface area contributed by atoms with Gasteiger partial charge in [0.1, 0.15) is 11.4 Å². The van der Waals surface area contributed by atoms with Crippen molar-refractivity contribution < 1.29 is 28.2 Å². The zero-order valence-electron chi connectivity index (χ0n) is 18.4. The highest BCUT2D eigenvalue weighted by Gasteiger charge is 2.34. The van der Waals surface area contributed by atoms with Gasteiger partial charge < -0.3 is 14.8 Å². The molecule has 3 amide bonds. The molecule has 0 atom stereocenters. The van der Waals surface area contributed by atoms with Crippen molar-refractivity contribution >= 4 is 51.1 Å². The zero-order valence-corrected chi connectivity index (χ0v) is 20.0. The van der Waals surface area contributed by atoms with E-state index in [-0.39, 0.29) is 22.8 Å². The number of methoxy groups -OCH3 is 1. The van der Waals surface area contributed by atoms with Gasteiger partial charge in [0.05, 0.1) is 18.5 Å². The molecule has 1 fully saturated rings. The number of hydrogen-bond donors (Lipinski definition) is 2. The number of carbonyl (C=O) groups excluding carboxylic acids is 3. The van der Waals surface area contributed by atoms with E-state index in [0.717, 1.165) is 5.01 Å². The lowest BCUT2D eigenvalue weighted by Crippen LogP contribution is -2.35. The summed E-state index contributed by atoms with van der Waals surface area (Å²) in [5.41, 5.74) is 3.24. The number of halogens is 2. The summed E-state index contributed by atoms with van der Waals surface area (Å²) in [5.74, 6) is -1.95. The Morgan fingerprint density at radius 2 is 1.83 bits per heavy atom. The average molecular weight is 540 g/mol.